The number of alkyl halides is 2. The molecule has 1 atom stereocenters. The Morgan fingerprint density at radius 2 is 2.03 bits per heavy atom. The maximum atomic E-state index is 13.3. The molecule has 1 N–H and O–H groups in total. The van der Waals surface area contributed by atoms with Gasteiger partial charge in [-0.1, -0.05) is 11.3 Å². The summed E-state index contributed by atoms with van der Waals surface area (Å²) in [5.41, 5.74) is 1.65. The molecule has 9 nitrogen and oxygen atoms in total. The van der Waals surface area contributed by atoms with Gasteiger partial charge >= 0.3 is 0 Å². The first-order valence-corrected chi connectivity index (χ1v) is 12.8. The van der Waals surface area contributed by atoms with Crippen molar-refractivity contribution < 1.29 is 17.2 Å². The van der Waals surface area contributed by atoms with E-state index in [-0.39, 0.29) is 16.1 Å². The molecule has 176 valence electrons. The molecule has 3 aromatic rings. The first-order chi connectivity index (χ1) is 15.5. The summed E-state index contributed by atoms with van der Waals surface area (Å²) in [5, 5.41) is 12.2. The zero-order valence-electron chi connectivity index (χ0n) is 18.3. The highest BCUT2D eigenvalue weighted by atomic mass is 32.2. The molecule has 0 saturated heterocycles. The third kappa shape index (κ3) is 4.24. The fourth-order valence-corrected chi connectivity index (χ4v) is 6.20. The summed E-state index contributed by atoms with van der Waals surface area (Å²) >= 11 is 0.720. The fourth-order valence-electron chi connectivity index (χ4n) is 4.03. The van der Waals surface area contributed by atoms with Crippen molar-refractivity contribution in [3.05, 3.63) is 23.3 Å². The van der Waals surface area contributed by atoms with Gasteiger partial charge in [-0.2, -0.15) is 5.10 Å². The van der Waals surface area contributed by atoms with Crippen molar-refractivity contribution in [3.63, 3.8) is 0 Å². The zero-order valence-corrected chi connectivity index (χ0v) is 19.9. The number of aromatic nitrogens is 4. The first-order valence-electron chi connectivity index (χ1n) is 10.5. The Hall–Kier alpha value is -2.51. The van der Waals surface area contributed by atoms with Gasteiger partial charge in [0.15, 0.2) is 5.01 Å². The molecule has 0 amide bonds. The second kappa shape index (κ2) is 7.77. The van der Waals surface area contributed by atoms with Crippen LogP contribution in [0.15, 0.2) is 28.2 Å². The quantitative estimate of drug-likeness (QED) is 0.563. The molecular weight excluding hydrogens is 472 g/mol. The minimum atomic E-state index is -3.82. The lowest BCUT2D eigenvalue weighted by molar-refractivity contribution is 0.150. The van der Waals surface area contributed by atoms with E-state index in [0.717, 1.165) is 29.9 Å². The van der Waals surface area contributed by atoms with Crippen LogP contribution in [0.4, 0.5) is 14.5 Å². The summed E-state index contributed by atoms with van der Waals surface area (Å²) in [4.78, 5) is 6.74. The molecule has 0 bridgehead atoms. The van der Waals surface area contributed by atoms with Crippen LogP contribution in [0.5, 0.6) is 0 Å². The smallest absolute Gasteiger partial charge is 0.291 e. The normalized spacial score (nSPS) is 20.5. The fraction of sp³-hybridized carbons (Fsp3) is 0.500. The standard InChI is InChI=1S/C20H23F2N7O2S2/c1-11-9-28(10-12(2)24-11)15-6-13(33(30,31)27-20(3)4-5-20)7-16-14(15)8-23-29(16)19-26-25-18(32-19)17(21)22/h6-8,11,17,27H,4-5,9-10H2,1-3H3/t11-/m0/s1. The highest BCUT2D eigenvalue weighted by Crippen LogP contribution is 2.38. The van der Waals surface area contributed by atoms with Gasteiger partial charge in [0.25, 0.3) is 6.43 Å². The Kier molecular flexibility index (Phi) is 5.25. The SMILES string of the molecule is CC1=N[C@@H](C)CN(c2cc(S(=O)(=O)NC3(C)CC3)cc3c2cnn3-c2nnc(C(F)F)s2)C1. The Labute approximate surface area is 193 Å². The number of sulfonamides is 1. The first kappa shape index (κ1) is 22.3. The third-order valence-electron chi connectivity index (χ3n) is 5.82. The molecule has 1 fully saturated rings. The van der Waals surface area contributed by atoms with Crippen molar-refractivity contribution in [1.29, 1.82) is 0 Å². The molecular formula is C20H23F2N7O2S2. The Morgan fingerprint density at radius 3 is 2.67 bits per heavy atom. The summed E-state index contributed by atoms with van der Waals surface area (Å²) in [7, 11) is -3.82. The number of nitrogens with zero attached hydrogens (tertiary/aromatic N) is 6. The van der Waals surface area contributed by atoms with E-state index >= 15 is 0 Å². The highest BCUT2D eigenvalue weighted by Gasteiger charge is 2.41. The van der Waals surface area contributed by atoms with E-state index in [0.29, 0.717) is 29.7 Å². The molecule has 13 heteroatoms. The van der Waals surface area contributed by atoms with Crippen molar-refractivity contribution in [1.82, 2.24) is 24.7 Å². The number of aliphatic imine (C=N–C) groups is 1. The Morgan fingerprint density at radius 1 is 1.27 bits per heavy atom. The van der Waals surface area contributed by atoms with Crippen LogP contribution < -0.4 is 9.62 Å². The summed E-state index contributed by atoms with van der Waals surface area (Å²) in [6.07, 6.45) is 0.413. The lowest BCUT2D eigenvalue weighted by Crippen LogP contribution is -2.39. The van der Waals surface area contributed by atoms with Gasteiger partial charge < -0.3 is 4.90 Å². The number of hydrogen-bond donors (Lipinski definition) is 1. The molecule has 1 saturated carbocycles. The third-order valence-corrected chi connectivity index (χ3v) is 8.34. The molecule has 1 aliphatic carbocycles. The summed E-state index contributed by atoms with van der Waals surface area (Å²) in [5.74, 6) is 0. The predicted molar refractivity (Wildman–Crippen MR) is 122 cm³/mol. The molecule has 0 unspecified atom stereocenters. The van der Waals surface area contributed by atoms with Crippen LogP contribution in [-0.4, -0.2) is 58.8 Å². The minimum absolute atomic E-state index is 0.0457. The second-order valence-electron chi connectivity index (χ2n) is 8.92. The van der Waals surface area contributed by atoms with Crippen LogP contribution in [0.1, 0.15) is 45.0 Å². The number of hydrogen-bond acceptors (Lipinski definition) is 8. The number of anilines is 1. The molecule has 2 aliphatic rings. The number of benzene rings is 1. The van der Waals surface area contributed by atoms with Crippen molar-refractivity contribution >= 4 is 43.7 Å². The van der Waals surface area contributed by atoms with Gasteiger partial charge in [0.1, 0.15) is 0 Å². The van der Waals surface area contributed by atoms with Crippen LogP contribution in [0, 0.1) is 0 Å². The van der Waals surface area contributed by atoms with Crippen LogP contribution in [0.3, 0.4) is 0 Å². The Balaban J connectivity index is 1.68. The van der Waals surface area contributed by atoms with Crippen molar-refractivity contribution in [3.8, 4) is 5.13 Å². The lowest BCUT2D eigenvalue weighted by atomic mass is 10.1. The van der Waals surface area contributed by atoms with Crippen LogP contribution in [0.2, 0.25) is 0 Å². The topological polar surface area (TPSA) is 105 Å². The largest absolute Gasteiger partial charge is 0.363 e. The number of rotatable bonds is 6. The number of halogens is 2. The van der Waals surface area contributed by atoms with E-state index in [1.807, 2.05) is 20.8 Å². The summed E-state index contributed by atoms with van der Waals surface area (Å²) in [6.45, 7) is 6.97. The van der Waals surface area contributed by atoms with E-state index in [2.05, 4.69) is 29.9 Å². The van der Waals surface area contributed by atoms with Crippen molar-refractivity contribution in [2.45, 2.75) is 56.5 Å². The van der Waals surface area contributed by atoms with Gasteiger partial charge in [-0.25, -0.2) is 26.6 Å². The highest BCUT2D eigenvalue weighted by molar-refractivity contribution is 7.89. The van der Waals surface area contributed by atoms with Gasteiger partial charge in [-0.3, -0.25) is 4.99 Å². The number of fused-ring (bicyclic) bond motifs is 1. The van der Waals surface area contributed by atoms with E-state index in [9.17, 15) is 17.2 Å². The molecule has 1 aromatic carbocycles. The molecule has 0 spiro atoms. The van der Waals surface area contributed by atoms with Gasteiger partial charge in [0.05, 0.1) is 29.2 Å². The molecule has 1 aliphatic heterocycles. The maximum Gasteiger partial charge on any atom is 0.291 e. The molecule has 5 rings (SSSR count). The van der Waals surface area contributed by atoms with E-state index in [4.69, 9.17) is 0 Å². The van der Waals surface area contributed by atoms with Crippen LogP contribution >= 0.6 is 11.3 Å². The predicted octanol–water partition coefficient (Wildman–Crippen LogP) is 3.31. The van der Waals surface area contributed by atoms with Crippen molar-refractivity contribution in [2.24, 2.45) is 4.99 Å². The molecule has 2 aromatic heterocycles. The summed E-state index contributed by atoms with van der Waals surface area (Å²) < 4.78 is 56.8. The minimum Gasteiger partial charge on any atom is -0.363 e. The molecule has 33 heavy (non-hydrogen) atoms. The van der Waals surface area contributed by atoms with Gasteiger partial charge in [-0.05, 0) is 45.7 Å². The van der Waals surface area contributed by atoms with E-state index in [1.54, 1.807) is 12.3 Å². The lowest BCUT2D eigenvalue weighted by Gasteiger charge is -2.31. The van der Waals surface area contributed by atoms with Gasteiger partial charge in [0, 0.05) is 28.9 Å². The van der Waals surface area contributed by atoms with Crippen molar-refractivity contribution in [2.75, 3.05) is 18.0 Å². The monoisotopic (exact) mass is 495 g/mol. The zero-order chi connectivity index (χ0) is 23.5. The second-order valence-corrected chi connectivity index (χ2v) is 11.6. The Bertz CT molecular complexity index is 1360. The van der Waals surface area contributed by atoms with Gasteiger partial charge in [-0.15, -0.1) is 10.2 Å². The van der Waals surface area contributed by atoms with Gasteiger partial charge in [0.2, 0.25) is 15.2 Å². The van der Waals surface area contributed by atoms with E-state index < -0.39 is 27.0 Å². The van der Waals surface area contributed by atoms with Crippen LogP contribution in [-0.2, 0) is 10.0 Å². The average molecular weight is 496 g/mol. The summed E-state index contributed by atoms with van der Waals surface area (Å²) in [6, 6.07) is 3.21. The van der Waals surface area contributed by atoms with Crippen LogP contribution in [0.25, 0.3) is 16.0 Å². The maximum absolute atomic E-state index is 13.3. The molecule has 0 radical (unpaired) electrons. The number of nitrogens with one attached hydrogen (secondary N) is 1. The molecule has 3 heterocycles. The van der Waals surface area contributed by atoms with E-state index in [1.165, 1.54) is 10.7 Å². The average Bonchev–Trinajstić information content (AvgIpc) is 3.14.